The van der Waals surface area contributed by atoms with E-state index in [9.17, 15) is 23.3 Å². The van der Waals surface area contributed by atoms with Crippen LogP contribution in [0.2, 0.25) is 0 Å². The fraction of sp³-hybridized carbons (Fsp3) is 0.435. The van der Waals surface area contributed by atoms with Crippen molar-refractivity contribution in [1.29, 1.82) is 5.26 Å². The highest BCUT2D eigenvalue weighted by atomic mass is 32.2. The van der Waals surface area contributed by atoms with Gasteiger partial charge in [0.15, 0.2) is 0 Å². The molecule has 0 saturated heterocycles. The predicted octanol–water partition coefficient (Wildman–Crippen LogP) is 3.59. The van der Waals surface area contributed by atoms with Crippen LogP contribution in [0.5, 0.6) is 0 Å². The van der Waals surface area contributed by atoms with Crippen LogP contribution >= 0.6 is 11.3 Å². The van der Waals surface area contributed by atoms with Crippen molar-refractivity contribution in [2.24, 2.45) is 0 Å². The number of amides is 2. The van der Waals surface area contributed by atoms with E-state index in [1.54, 1.807) is 11.8 Å². The van der Waals surface area contributed by atoms with Crippen molar-refractivity contribution in [3.05, 3.63) is 45.8 Å². The molecule has 1 N–H and O–H groups in total. The molecule has 2 amide bonds. The van der Waals surface area contributed by atoms with Crippen LogP contribution in [-0.2, 0) is 27.8 Å². The molecule has 1 aliphatic rings. The molecule has 0 spiro atoms. The van der Waals surface area contributed by atoms with Gasteiger partial charge in [-0.05, 0) is 42.7 Å². The summed E-state index contributed by atoms with van der Waals surface area (Å²) in [6.07, 6.45) is 2.25. The van der Waals surface area contributed by atoms with E-state index in [1.165, 1.54) is 46.8 Å². The third-order valence-electron chi connectivity index (χ3n) is 5.71. The molecule has 2 heterocycles. The van der Waals surface area contributed by atoms with E-state index in [-0.39, 0.29) is 10.8 Å². The van der Waals surface area contributed by atoms with E-state index in [1.807, 2.05) is 6.92 Å². The first-order valence-corrected chi connectivity index (χ1v) is 13.2. The second kappa shape index (κ2) is 10.5. The highest BCUT2D eigenvalue weighted by molar-refractivity contribution is 7.89. The van der Waals surface area contributed by atoms with Crippen LogP contribution in [0.4, 0.5) is 5.00 Å². The summed E-state index contributed by atoms with van der Waals surface area (Å²) in [5, 5.41) is 12.9. The Morgan fingerprint density at radius 3 is 2.52 bits per heavy atom. The molecule has 3 rings (SSSR count). The number of unbranched alkanes of at least 4 members (excludes halogenated alkanes) is 1. The number of sulfonamides is 1. The van der Waals surface area contributed by atoms with E-state index in [0.29, 0.717) is 48.7 Å². The van der Waals surface area contributed by atoms with Gasteiger partial charge in [-0.2, -0.15) is 9.57 Å². The summed E-state index contributed by atoms with van der Waals surface area (Å²) in [6, 6.07) is 8.01. The number of thiophene rings is 1. The van der Waals surface area contributed by atoms with Crippen molar-refractivity contribution in [3.63, 3.8) is 0 Å². The average molecular weight is 489 g/mol. The summed E-state index contributed by atoms with van der Waals surface area (Å²) >= 11 is 1.30. The first-order chi connectivity index (χ1) is 15.7. The number of carbonyl (C=O) groups is 2. The van der Waals surface area contributed by atoms with E-state index >= 15 is 0 Å². The number of carbonyl (C=O) groups excluding carboxylic acids is 2. The van der Waals surface area contributed by atoms with Crippen LogP contribution in [0.1, 0.15) is 60.0 Å². The van der Waals surface area contributed by atoms with Gasteiger partial charge in [-0.3, -0.25) is 9.59 Å². The Kier molecular flexibility index (Phi) is 7.89. The van der Waals surface area contributed by atoms with Gasteiger partial charge in [0.2, 0.25) is 15.9 Å². The third kappa shape index (κ3) is 5.27. The van der Waals surface area contributed by atoms with E-state index in [4.69, 9.17) is 0 Å². The zero-order chi connectivity index (χ0) is 24.2. The van der Waals surface area contributed by atoms with Gasteiger partial charge in [0.25, 0.3) is 5.91 Å². The molecule has 2 aromatic rings. The summed E-state index contributed by atoms with van der Waals surface area (Å²) in [5.41, 5.74) is 1.61. The third-order valence-corrected chi connectivity index (χ3v) is 8.83. The largest absolute Gasteiger partial charge is 0.337 e. The molecule has 0 fully saturated rings. The van der Waals surface area contributed by atoms with Gasteiger partial charge >= 0.3 is 0 Å². The van der Waals surface area contributed by atoms with Crippen molar-refractivity contribution >= 4 is 38.2 Å². The highest BCUT2D eigenvalue weighted by Crippen LogP contribution is 2.37. The molecule has 8 nitrogen and oxygen atoms in total. The Bertz CT molecular complexity index is 1180. The van der Waals surface area contributed by atoms with Gasteiger partial charge in [-0.15, -0.1) is 11.3 Å². The topological polar surface area (TPSA) is 111 Å². The number of benzene rings is 1. The lowest BCUT2D eigenvalue weighted by atomic mass is 10.0. The zero-order valence-corrected chi connectivity index (χ0v) is 20.7. The highest BCUT2D eigenvalue weighted by Gasteiger charge is 2.27. The lowest BCUT2D eigenvalue weighted by Gasteiger charge is -2.25. The first-order valence-electron chi connectivity index (χ1n) is 10.9. The molecule has 0 radical (unpaired) electrons. The molecule has 10 heteroatoms. The predicted molar refractivity (Wildman–Crippen MR) is 128 cm³/mol. The van der Waals surface area contributed by atoms with Crippen molar-refractivity contribution in [2.45, 2.75) is 51.5 Å². The number of nitrogens with zero attached hydrogens (tertiary/aromatic N) is 3. The molecule has 1 aromatic heterocycles. The van der Waals surface area contributed by atoms with Crippen LogP contribution in [0.3, 0.4) is 0 Å². The van der Waals surface area contributed by atoms with Crippen LogP contribution in [0.25, 0.3) is 0 Å². The maximum Gasteiger partial charge on any atom is 0.256 e. The fourth-order valence-corrected chi connectivity index (χ4v) is 6.46. The minimum atomic E-state index is -3.62. The Morgan fingerprint density at radius 2 is 1.94 bits per heavy atom. The monoisotopic (exact) mass is 488 g/mol. The van der Waals surface area contributed by atoms with Crippen molar-refractivity contribution < 1.29 is 18.0 Å². The lowest BCUT2D eigenvalue weighted by Crippen LogP contribution is -2.33. The fourth-order valence-electron chi connectivity index (χ4n) is 3.76. The van der Waals surface area contributed by atoms with E-state index in [0.717, 1.165) is 23.3 Å². The van der Waals surface area contributed by atoms with Gasteiger partial charge in [0, 0.05) is 37.0 Å². The molecule has 1 aromatic carbocycles. The van der Waals surface area contributed by atoms with Gasteiger partial charge < -0.3 is 10.2 Å². The summed E-state index contributed by atoms with van der Waals surface area (Å²) in [4.78, 5) is 27.3. The summed E-state index contributed by atoms with van der Waals surface area (Å²) in [7, 11) is -3.62. The Labute approximate surface area is 198 Å². The number of hydrogen-bond acceptors (Lipinski definition) is 6. The second-order valence-corrected chi connectivity index (χ2v) is 10.9. The number of anilines is 1. The molecule has 0 bridgehead atoms. The number of nitriles is 1. The SMILES string of the molecule is CCCCN(CC)S(=O)(=O)c1ccc(C(=O)Nc2sc3c(c2C#N)CCN(C(C)=O)C3)cc1. The summed E-state index contributed by atoms with van der Waals surface area (Å²) < 4.78 is 27.2. The minimum absolute atomic E-state index is 0.0236. The quantitative estimate of drug-likeness (QED) is 0.611. The lowest BCUT2D eigenvalue weighted by molar-refractivity contribution is -0.129. The van der Waals surface area contributed by atoms with Gasteiger partial charge in [-0.25, -0.2) is 8.42 Å². The van der Waals surface area contributed by atoms with Crippen LogP contribution in [0.15, 0.2) is 29.2 Å². The van der Waals surface area contributed by atoms with E-state index in [2.05, 4.69) is 11.4 Å². The van der Waals surface area contributed by atoms with Crippen LogP contribution in [0, 0.1) is 11.3 Å². The molecule has 0 atom stereocenters. The maximum atomic E-state index is 12.9. The molecular formula is C23H28N4O4S2. The molecule has 0 aliphatic carbocycles. The summed E-state index contributed by atoms with van der Waals surface area (Å²) in [5.74, 6) is -0.444. The Balaban J connectivity index is 1.78. The number of rotatable bonds is 8. The average Bonchev–Trinajstić information content (AvgIpc) is 3.15. The summed E-state index contributed by atoms with van der Waals surface area (Å²) in [6.45, 7) is 7.14. The van der Waals surface area contributed by atoms with Crippen LogP contribution < -0.4 is 5.32 Å². The molecular weight excluding hydrogens is 460 g/mol. The second-order valence-electron chi connectivity index (χ2n) is 7.84. The molecule has 0 saturated carbocycles. The van der Waals surface area contributed by atoms with Crippen LogP contribution in [-0.4, -0.2) is 49.1 Å². The number of hydrogen-bond donors (Lipinski definition) is 1. The Hall–Kier alpha value is -2.74. The van der Waals surface area contributed by atoms with Gasteiger partial charge in [-0.1, -0.05) is 20.3 Å². The van der Waals surface area contributed by atoms with Crippen molar-refractivity contribution in [1.82, 2.24) is 9.21 Å². The first kappa shape index (κ1) is 24.9. The minimum Gasteiger partial charge on any atom is -0.337 e. The van der Waals surface area contributed by atoms with Gasteiger partial charge in [0.05, 0.1) is 17.0 Å². The smallest absolute Gasteiger partial charge is 0.256 e. The maximum absolute atomic E-state index is 12.9. The van der Waals surface area contributed by atoms with E-state index < -0.39 is 15.9 Å². The molecule has 1 aliphatic heterocycles. The van der Waals surface area contributed by atoms with Crippen molar-refractivity contribution in [2.75, 3.05) is 25.0 Å². The zero-order valence-electron chi connectivity index (χ0n) is 19.1. The molecule has 176 valence electrons. The number of fused-ring (bicyclic) bond motifs is 1. The molecule has 0 unspecified atom stereocenters. The van der Waals surface area contributed by atoms with Gasteiger partial charge in [0.1, 0.15) is 11.1 Å². The molecule has 33 heavy (non-hydrogen) atoms. The Morgan fingerprint density at radius 1 is 1.24 bits per heavy atom. The van der Waals surface area contributed by atoms with Crippen molar-refractivity contribution in [3.8, 4) is 6.07 Å². The number of nitrogens with one attached hydrogen (secondary N) is 1. The standard InChI is InChI=1S/C23H28N4O4S2/c1-4-6-12-27(5-2)33(30,31)18-9-7-17(8-10-18)22(29)25-23-20(14-24)19-11-13-26(16(3)28)15-21(19)32-23/h7-10H,4-6,11-13,15H2,1-3H3,(H,25,29). The normalized spacial score (nSPS) is 13.5.